The number of piperidine rings is 1. The third-order valence-corrected chi connectivity index (χ3v) is 6.20. The van der Waals surface area contributed by atoms with E-state index in [9.17, 15) is 8.78 Å². The molecule has 0 aliphatic carbocycles. The molecule has 2 saturated heterocycles. The van der Waals surface area contributed by atoms with Crippen molar-refractivity contribution in [2.45, 2.75) is 25.8 Å². The normalized spacial score (nSPS) is 19.3. The van der Waals surface area contributed by atoms with E-state index in [1.54, 1.807) is 0 Å². The number of aryl methyl sites for hydroxylation is 1. The fourth-order valence-electron chi connectivity index (χ4n) is 4.34. The van der Waals surface area contributed by atoms with Crippen LogP contribution in [0.25, 0.3) is 5.69 Å². The highest BCUT2D eigenvalue weighted by Gasteiger charge is 2.30. The van der Waals surface area contributed by atoms with Crippen LogP contribution < -0.4 is 10.1 Å². The summed E-state index contributed by atoms with van der Waals surface area (Å²) in [7, 11) is 0. The molecule has 3 heterocycles. The number of likely N-dealkylation sites (tertiary alicyclic amines) is 1. The van der Waals surface area contributed by atoms with Crippen LogP contribution in [-0.4, -0.2) is 58.6 Å². The average Bonchev–Trinajstić information content (AvgIpc) is 3.20. The largest absolute Gasteiger partial charge is 0.493 e. The Kier molecular flexibility index (Phi) is 6.24. The van der Waals surface area contributed by atoms with Crippen molar-refractivity contribution in [3.8, 4) is 11.4 Å². The maximum atomic E-state index is 13.5. The van der Waals surface area contributed by atoms with Crippen LogP contribution in [-0.2, 0) is 4.74 Å². The quantitative estimate of drug-likeness (QED) is 0.579. The van der Waals surface area contributed by atoms with Crippen LogP contribution in [0.1, 0.15) is 18.4 Å². The summed E-state index contributed by atoms with van der Waals surface area (Å²) in [5.41, 5.74) is 2.07. The van der Waals surface area contributed by atoms with Crippen molar-refractivity contribution < 1.29 is 18.3 Å². The third kappa shape index (κ3) is 5.15. The fraction of sp³-hybridized carbons (Fsp3) is 0.417. The maximum Gasteiger partial charge on any atom is 0.246 e. The van der Waals surface area contributed by atoms with E-state index in [1.807, 2.05) is 25.1 Å². The van der Waals surface area contributed by atoms with E-state index >= 15 is 0 Å². The van der Waals surface area contributed by atoms with Gasteiger partial charge in [-0.15, -0.1) is 5.10 Å². The van der Waals surface area contributed by atoms with Crippen LogP contribution in [0.5, 0.6) is 5.75 Å². The van der Waals surface area contributed by atoms with Crippen LogP contribution in [0.3, 0.4) is 0 Å². The van der Waals surface area contributed by atoms with Crippen LogP contribution in [0.15, 0.2) is 42.7 Å². The standard InChI is InChI=1S/C24H27F2N5O2/c1-16-7-20(28-24-27-15-31(29-24)21-9-18(25)8-19(26)10-21)4-5-23(16)33-12-17-3-2-6-30(11-17)22-13-32-14-22/h4-5,7-10,15,17,22H,2-3,6,11-14H2,1H3,(H,28,29). The molecule has 2 fully saturated rings. The first-order valence-electron chi connectivity index (χ1n) is 11.2. The molecule has 7 nitrogen and oxygen atoms in total. The van der Waals surface area contributed by atoms with Crippen molar-refractivity contribution in [3.63, 3.8) is 0 Å². The zero-order valence-electron chi connectivity index (χ0n) is 18.5. The summed E-state index contributed by atoms with van der Waals surface area (Å²) >= 11 is 0. The molecule has 3 aromatic rings. The van der Waals surface area contributed by atoms with Crippen molar-refractivity contribution in [2.24, 2.45) is 5.92 Å². The van der Waals surface area contributed by atoms with Crippen LogP contribution in [0.2, 0.25) is 0 Å². The fourth-order valence-corrected chi connectivity index (χ4v) is 4.34. The third-order valence-electron chi connectivity index (χ3n) is 6.20. The second kappa shape index (κ2) is 9.44. The topological polar surface area (TPSA) is 64.4 Å². The van der Waals surface area contributed by atoms with Gasteiger partial charge in [0.1, 0.15) is 23.7 Å². The molecular weight excluding hydrogens is 428 g/mol. The van der Waals surface area contributed by atoms with E-state index in [0.29, 0.717) is 24.5 Å². The molecule has 1 N–H and O–H groups in total. The smallest absolute Gasteiger partial charge is 0.246 e. The summed E-state index contributed by atoms with van der Waals surface area (Å²) < 4.78 is 39.7. The Hall–Kier alpha value is -3.04. The number of aromatic nitrogens is 3. The molecule has 2 aliphatic heterocycles. The maximum absolute atomic E-state index is 13.5. The summed E-state index contributed by atoms with van der Waals surface area (Å²) in [5.74, 6) is 0.379. The molecule has 1 aromatic heterocycles. The molecule has 2 aromatic carbocycles. The molecule has 0 bridgehead atoms. The molecule has 0 spiro atoms. The molecule has 1 unspecified atom stereocenters. The highest BCUT2D eigenvalue weighted by Crippen LogP contribution is 2.26. The number of rotatable bonds is 7. The molecular formula is C24H27F2N5O2. The summed E-state index contributed by atoms with van der Waals surface area (Å²) in [4.78, 5) is 6.71. The van der Waals surface area contributed by atoms with Crippen molar-refractivity contribution in [1.29, 1.82) is 0 Å². The summed E-state index contributed by atoms with van der Waals surface area (Å²) in [6.07, 6.45) is 3.80. The van der Waals surface area contributed by atoms with Gasteiger partial charge in [0.2, 0.25) is 5.95 Å². The predicted octanol–water partition coefficient (Wildman–Crippen LogP) is 4.09. The molecule has 33 heavy (non-hydrogen) atoms. The second-order valence-electron chi connectivity index (χ2n) is 8.75. The molecule has 0 amide bonds. The molecule has 174 valence electrons. The van der Waals surface area contributed by atoms with Gasteiger partial charge in [-0.3, -0.25) is 4.90 Å². The van der Waals surface area contributed by atoms with Gasteiger partial charge in [-0.05, 0) is 62.2 Å². The van der Waals surface area contributed by atoms with Gasteiger partial charge in [0.05, 0.1) is 31.5 Å². The molecule has 5 rings (SSSR count). The van der Waals surface area contributed by atoms with Gasteiger partial charge in [0.15, 0.2) is 0 Å². The molecule has 2 aliphatic rings. The predicted molar refractivity (Wildman–Crippen MR) is 120 cm³/mol. The highest BCUT2D eigenvalue weighted by molar-refractivity contribution is 5.57. The Balaban J connectivity index is 1.18. The number of anilines is 2. The van der Waals surface area contributed by atoms with Crippen molar-refractivity contribution in [3.05, 3.63) is 59.9 Å². The second-order valence-corrected chi connectivity index (χ2v) is 8.75. The van der Waals surface area contributed by atoms with Crippen molar-refractivity contribution in [1.82, 2.24) is 19.7 Å². The van der Waals surface area contributed by atoms with E-state index in [4.69, 9.17) is 9.47 Å². The van der Waals surface area contributed by atoms with E-state index in [2.05, 4.69) is 20.3 Å². The van der Waals surface area contributed by atoms with E-state index in [0.717, 1.165) is 49.4 Å². The summed E-state index contributed by atoms with van der Waals surface area (Å²) in [6.45, 7) is 6.63. The Bertz CT molecular complexity index is 1100. The van der Waals surface area contributed by atoms with Gasteiger partial charge in [0.25, 0.3) is 0 Å². The summed E-state index contributed by atoms with van der Waals surface area (Å²) in [5, 5.41) is 7.38. The molecule has 0 saturated carbocycles. The van der Waals surface area contributed by atoms with Gasteiger partial charge < -0.3 is 14.8 Å². The number of nitrogens with zero attached hydrogens (tertiary/aromatic N) is 4. The zero-order chi connectivity index (χ0) is 22.8. The monoisotopic (exact) mass is 455 g/mol. The lowest BCUT2D eigenvalue weighted by atomic mass is 9.97. The van der Waals surface area contributed by atoms with Crippen molar-refractivity contribution >= 4 is 11.6 Å². The minimum absolute atomic E-state index is 0.263. The first kappa shape index (κ1) is 21.8. The lowest BCUT2D eigenvalue weighted by molar-refractivity contribution is -0.0783. The van der Waals surface area contributed by atoms with E-state index < -0.39 is 11.6 Å². The minimum atomic E-state index is -0.667. The van der Waals surface area contributed by atoms with Crippen LogP contribution >= 0.6 is 0 Å². The zero-order valence-corrected chi connectivity index (χ0v) is 18.5. The SMILES string of the molecule is Cc1cc(Nc2ncn(-c3cc(F)cc(F)c3)n2)ccc1OCC1CCCN(C2COC2)C1. The van der Waals surface area contributed by atoms with E-state index in [-0.39, 0.29) is 5.69 Å². The lowest BCUT2D eigenvalue weighted by Gasteiger charge is -2.42. The van der Waals surface area contributed by atoms with Gasteiger partial charge >= 0.3 is 0 Å². The first-order chi connectivity index (χ1) is 16.0. The Labute approximate surface area is 191 Å². The number of halogens is 2. The Morgan fingerprint density at radius 2 is 1.97 bits per heavy atom. The van der Waals surface area contributed by atoms with Crippen molar-refractivity contribution in [2.75, 3.05) is 38.2 Å². The minimum Gasteiger partial charge on any atom is -0.493 e. The molecule has 9 heteroatoms. The number of hydrogen-bond donors (Lipinski definition) is 1. The Morgan fingerprint density at radius 3 is 2.70 bits per heavy atom. The Morgan fingerprint density at radius 1 is 1.15 bits per heavy atom. The van der Waals surface area contributed by atoms with Gasteiger partial charge in [-0.1, -0.05) is 0 Å². The summed E-state index contributed by atoms with van der Waals surface area (Å²) in [6, 6.07) is 9.61. The number of ether oxygens (including phenoxy) is 2. The highest BCUT2D eigenvalue weighted by atomic mass is 19.1. The van der Waals surface area contributed by atoms with Crippen LogP contribution in [0, 0.1) is 24.5 Å². The first-order valence-corrected chi connectivity index (χ1v) is 11.2. The van der Waals surface area contributed by atoms with E-state index in [1.165, 1.54) is 36.0 Å². The van der Waals surface area contributed by atoms with Gasteiger partial charge in [0, 0.05) is 24.2 Å². The molecule has 1 atom stereocenters. The molecule has 0 radical (unpaired) electrons. The number of benzene rings is 2. The number of hydrogen-bond acceptors (Lipinski definition) is 6. The van der Waals surface area contributed by atoms with Crippen LogP contribution in [0.4, 0.5) is 20.4 Å². The number of nitrogens with one attached hydrogen (secondary N) is 1. The van der Waals surface area contributed by atoms with Gasteiger partial charge in [-0.25, -0.2) is 13.5 Å². The average molecular weight is 456 g/mol. The van der Waals surface area contributed by atoms with Gasteiger partial charge in [-0.2, -0.15) is 4.98 Å². The lowest BCUT2D eigenvalue weighted by Crippen LogP contribution is -2.53.